The normalized spacial score (nSPS) is 10.7. The molecule has 1 heterocycles. The minimum Gasteiger partial charge on any atom is -0.341 e. The van der Waals surface area contributed by atoms with E-state index in [4.69, 9.17) is 0 Å². The van der Waals surface area contributed by atoms with E-state index < -0.39 is 0 Å². The van der Waals surface area contributed by atoms with Crippen molar-refractivity contribution in [2.45, 2.75) is 20.4 Å². The van der Waals surface area contributed by atoms with Gasteiger partial charge in [0.2, 0.25) is 0 Å². The Bertz CT molecular complexity index is 486. The third kappa shape index (κ3) is 2.14. The zero-order valence-electron chi connectivity index (χ0n) is 9.96. The lowest BCUT2D eigenvalue weighted by Gasteiger charge is -2.04. The average molecular weight is 215 g/mol. The van der Waals surface area contributed by atoms with Crippen molar-refractivity contribution in [3.8, 4) is 11.3 Å². The van der Waals surface area contributed by atoms with Gasteiger partial charge in [0.15, 0.2) is 0 Å². The highest BCUT2D eigenvalue weighted by atomic mass is 15.0. The van der Waals surface area contributed by atoms with Crippen molar-refractivity contribution >= 4 is 0 Å². The minimum atomic E-state index is 0.769. The second-order valence-corrected chi connectivity index (χ2v) is 4.09. The van der Waals surface area contributed by atoms with Gasteiger partial charge in [-0.3, -0.25) is 0 Å². The number of imidazole rings is 1. The van der Waals surface area contributed by atoms with E-state index in [1.165, 1.54) is 16.7 Å². The fourth-order valence-corrected chi connectivity index (χ4v) is 1.87. The van der Waals surface area contributed by atoms with Crippen molar-refractivity contribution in [1.29, 1.82) is 0 Å². The minimum absolute atomic E-state index is 0.769. The van der Waals surface area contributed by atoms with Crippen LogP contribution in [0.25, 0.3) is 11.3 Å². The molecule has 3 nitrogen and oxygen atoms in total. The van der Waals surface area contributed by atoms with Crippen molar-refractivity contribution in [2.24, 2.45) is 0 Å². The van der Waals surface area contributed by atoms with Gasteiger partial charge < -0.3 is 10.3 Å². The van der Waals surface area contributed by atoms with Crippen LogP contribution in [-0.2, 0) is 6.54 Å². The molecule has 0 atom stereocenters. The van der Waals surface area contributed by atoms with Crippen LogP contribution in [0.5, 0.6) is 0 Å². The number of nitrogens with zero attached hydrogens (tertiary/aromatic N) is 1. The van der Waals surface area contributed by atoms with E-state index in [9.17, 15) is 0 Å². The molecule has 2 aromatic rings. The number of benzene rings is 1. The van der Waals surface area contributed by atoms with E-state index in [1.54, 1.807) is 0 Å². The topological polar surface area (TPSA) is 40.7 Å². The number of aromatic nitrogens is 2. The largest absolute Gasteiger partial charge is 0.341 e. The molecule has 0 saturated carbocycles. The molecule has 0 spiro atoms. The van der Waals surface area contributed by atoms with Crippen LogP contribution < -0.4 is 5.32 Å². The van der Waals surface area contributed by atoms with Crippen LogP contribution in [0.4, 0.5) is 0 Å². The van der Waals surface area contributed by atoms with Gasteiger partial charge in [-0.15, -0.1) is 0 Å². The zero-order valence-corrected chi connectivity index (χ0v) is 9.96. The summed E-state index contributed by atoms with van der Waals surface area (Å²) in [6.45, 7) is 5.00. The van der Waals surface area contributed by atoms with Gasteiger partial charge in [0.05, 0.1) is 18.4 Å². The first-order valence-corrected chi connectivity index (χ1v) is 5.47. The van der Waals surface area contributed by atoms with Gasteiger partial charge in [-0.2, -0.15) is 0 Å². The summed E-state index contributed by atoms with van der Waals surface area (Å²) in [4.78, 5) is 7.64. The van der Waals surface area contributed by atoms with E-state index in [-0.39, 0.29) is 0 Å². The third-order valence-corrected chi connectivity index (χ3v) is 2.64. The summed E-state index contributed by atoms with van der Waals surface area (Å²) in [6.07, 6.45) is 1.89. The number of nitrogens with one attached hydrogen (secondary N) is 2. The van der Waals surface area contributed by atoms with E-state index in [0.29, 0.717) is 0 Å². The Balaban J connectivity index is 2.35. The highest BCUT2D eigenvalue weighted by Crippen LogP contribution is 2.22. The van der Waals surface area contributed by atoms with Gasteiger partial charge in [-0.05, 0) is 26.5 Å². The van der Waals surface area contributed by atoms with Crippen LogP contribution in [-0.4, -0.2) is 17.0 Å². The molecule has 1 aromatic heterocycles. The van der Waals surface area contributed by atoms with Crippen molar-refractivity contribution in [3.63, 3.8) is 0 Å². The Morgan fingerprint density at radius 2 is 2.12 bits per heavy atom. The second-order valence-electron chi connectivity index (χ2n) is 4.09. The van der Waals surface area contributed by atoms with E-state index >= 15 is 0 Å². The molecule has 0 unspecified atom stereocenters. The summed E-state index contributed by atoms with van der Waals surface area (Å²) < 4.78 is 0. The van der Waals surface area contributed by atoms with Crippen LogP contribution in [0.3, 0.4) is 0 Å². The molecule has 0 radical (unpaired) electrons. The molecule has 16 heavy (non-hydrogen) atoms. The molecule has 0 aliphatic rings. The fourth-order valence-electron chi connectivity index (χ4n) is 1.87. The lowest BCUT2D eigenvalue weighted by molar-refractivity contribution is 0.772. The first kappa shape index (κ1) is 10.9. The Kier molecular flexibility index (Phi) is 3.06. The maximum absolute atomic E-state index is 4.33. The van der Waals surface area contributed by atoms with Crippen molar-refractivity contribution in [1.82, 2.24) is 15.3 Å². The molecule has 0 saturated heterocycles. The summed E-state index contributed by atoms with van der Waals surface area (Å²) in [5.74, 6) is 0.970. The van der Waals surface area contributed by atoms with Crippen LogP contribution in [0.1, 0.15) is 17.0 Å². The highest BCUT2D eigenvalue weighted by molar-refractivity contribution is 5.63. The van der Waals surface area contributed by atoms with Crippen molar-refractivity contribution < 1.29 is 0 Å². The Morgan fingerprint density at radius 1 is 1.31 bits per heavy atom. The molecule has 0 aliphatic heterocycles. The molecule has 3 heteroatoms. The summed E-state index contributed by atoms with van der Waals surface area (Å²) in [6, 6.07) is 6.45. The number of hydrogen-bond acceptors (Lipinski definition) is 2. The number of aromatic amines is 1. The highest BCUT2D eigenvalue weighted by Gasteiger charge is 2.05. The van der Waals surface area contributed by atoms with Gasteiger partial charge in [0.25, 0.3) is 0 Å². The van der Waals surface area contributed by atoms with Gasteiger partial charge in [-0.25, -0.2) is 4.98 Å². The van der Waals surface area contributed by atoms with Gasteiger partial charge in [0, 0.05) is 5.56 Å². The Labute approximate surface area is 95.9 Å². The lowest BCUT2D eigenvalue weighted by Crippen LogP contribution is -2.06. The summed E-state index contributed by atoms with van der Waals surface area (Å²) >= 11 is 0. The standard InChI is InChI=1S/C13H17N3/c1-9-4-5-11(10(2)6-9)12-7-15-13(16-12)8-14-3/h4-7,14H,8H2,1-3H3,(H,15,16). The predicted molar refractivity (Wildman–Crippen MR) is 66.3 cm³/mol. The molecule has 84 valence electrons. The van der Waals surface area contributed by atoms with E-state index in [2.05, 4.69) is 47.3 Å². The number of hydrogen-bond donors (Lipinski definition) is 2. The number of rotatable bonds is 3. The van der Waals surface area contributed by atoms with Gasteiger partial charge in [0.1, 0.15) is 5.82 Å². The number of aryl methyl sites for hydroxylation is 2. The molecule has 0 bridgehead atoms. The second kappa shape index (κ2) is 4.49. The van der Waals surface area contributed by atoms with E-state index in [1.807, 2.05) is 13.2 Å². The van der Waals surface area contributed by atoms with Crippen LogP contribution in [0, 0.1) is 13.8 Å². The molecule has 2 rings (SSSR count). The maximum atomic E-state index is 4.33. The smallest absolute Gasteiger partial charge is 0.120 e. The fraction of sp³-hybridized carbons (Fsp3) is 0.308. The van der Waals surface area contributed by atoms with Crippen molar-refractivity contribution in [2.75, 3.05) is 7.05 Å². The summed E-state index contributed by atoms with van der Waals surface area (Å²) in [7, 11) is 1.92. The summed E-state index contributed by atoms with van der Waals surface area (Å²) in [5, 5.41) is 3.08. The lowest BCUT2D eigenvalue weighted by atomic mass is 10.0. The first-order valence-electron chi connectivity index (χ1n) is 5.47. The molecule has 2 N–H and O–H groups in total. The molecule has 0 aliphatic carbocycles. The van der Waals surface area contributed by atoms with Crippen LogP contribution in [0.2, 0.25) is 0 Å². The summed E-state index contributed by atoms with van der Waals surface area (Å²) in [5.41, 5.74) is 4.87. The first-order chi connectivity index (χ1) is 7.70. The maximum Gasteiger partial charge on any atom is 0.120 e. The Hall–Kier alpha value is -1.61. The molecule has 1 aromatic carbocycles. The molecule has 0 amide bonds. The third-order valence-electron chi connectivity index (χ3n) is 2.64. The quantitative estimate of drug-likeness (QED) is 0.825. The molecular formula is C13H17N3. The molecule has 0 fully saturated rings. The monoisotopic (exact) mass is 215 g/mol. The van der Waals surface area contributed by atoms with Crippen molar-refractivity contribution in [3.05, 3.63) is 41.3 Å². The van der Waals surface area contributed by atoms with Crippen LogP contribution in [0.15, 0.2) is 24.4 Å². The Morgan fingerprint density at radius 3 is 2.81 bits per heavy atom. The van der Waals surface area contributed by atoms with E-state index in [0.717, 1.165) is 18.1 Å². The molecular weight excluding hydrogens is 198 g/mol. The predicted octanol–water partition coefficient (Wildman–Crippen LogP) is 2.41. The van der Waals surface area contributed by atoms with Gasteiger partial charge in [-0.1, -0.05) is 23.8 Å². The SMILES string of the molecule is CNCc1ncc(-c2ccc(C)cc2C)[nH]1. The number of H-pyrrole nitrogens is 1. The van der Waals surface area contributed by atoms with Gasteiger partial charge >= 0.3 is 0 Å². The average Bonchev–Trinajstić information content (AvgIpc) is 2.67. The zero-order chi connectivity index (χ0) is 11.5. The van der Waals surface area contributed by atoms with Crippen LogP contribution >= 0.6 is 0 Å².